The van der Waals surface area contributed by atoms with Gasteiger partial charge in [-0.25, -0.2) is 4.79 Å². The summed E-state index contributed by atoms with van der Waals surface area (Å²) in [5.41, 5.74) is 9.19. The first-order valence-electron chi connectivity index (χ1n) is 11.7. The van der Waals surface area contributed by atoms with Crippen molar-refractivity contribution in [2.75, 3.05) is 7.11 Å². The van der Waals surface area contributed by atoms with Gasteiger partial charge in [-0.2, -0.15) is 0 Å². The van der Waals surface area contributed by atoms with Gasteiger partial charge in [-0.15, -0.1) is 0 Å². The number of amides is 3. The van der Waals surface area contributed by atoms with Gasteiger partial charge in [0.2, 0.25) is 11.8 Å². The zero-order valence-electron chi connectivity index (χ0n) is 20.1. The van der Waals surface area contributed by atoms with Crippen molar-refractivity contribution >= 4 is 17.9 Å². The van der Waals surface area contributed by atoms with E-state index in [1.807, 2.05) is 66.7 Å². The van der Waals surface area contributed by atoms with E-state index in [4.69, 9.17) is 15.2 Å². The molecule has 0 saturated carbocycles. The lowest BCUT2D eigenvalue weighted by Gasteiger charge is -2.35. The molecule has 3 aromatic carbocycles. The van der Waals surface area contributed by atoms with Crippen LogP contribution >= 0.6 is 0 Å². The van der Waals surface area contributed by atoms with Gasteiger partial charge in [0, 0.05) is 12.8 Å². The molecule has 0 fully saturated rings. The molecule has 8 nitrogen and oxygen atoms in total. The van der Waals surface area contributed by atoms with Crippen molar-refractivity contribution in [3.63, 3.8) is 0 Å². The molecule has 1 heterocycles. The molecule has 0 aliphatic carbocycles. The third kappa shape index (κ3) is 6.02. The van der Waals surface area contributed by atoms with Crippen LogP contribution < -0.4 is 15.8 Å². The van der Waals surface area contributed by atoms with E-state index in [1.165, 1.54) is 4.90 Å². The second-order valence-corrected chi connectivity index (χ2v) is 8.67. The number of nitrogens with two attached hydrogens (primary N) is 1. The minimum Gasteiger partial charge on any atom is -0.497 e. The molecular formula is C28H29N3O5. The minimum absolute atomic E-state index is 0.0908. The summed E-state index contributed by atoms with van der Waals surface area (Å²) in [7, 11) is 1.57. The number of ether oxygens (including phenoxy) is 2. The second kappa shape index (κ2) is 11.4. The molecule has 1 aliphatic heterocycles. The second-order valence-electron chi connectivity index (χ2n) is 8.67. The zero-order valence-corrected chi connectivity index (χ0v) is 20.1. The average molecular weight is 488 g/mol. The molecule has 4 rings (SSSR count). The number of primary amides is 1. The van der Waals surface area contributed by atoms with Crippen molar-refractivity contribution in [3.8, 4) is 5.75 Å². The molecule has 36 heavy (non-hydrogen) atoms. The van der Waals surface area contributed by atoms with E-state index < -0.39 is 30.0 Å². The van der Waals surface area contributed by atoms with E-state index in [0.717, 1.165) is 22.3 Å². The molecule has 3 N–H and O–H groups in total. The summed E-state index contributed by atoms with van der Waals surface area (Å²) in [6, 6.07) is 22.4. The Kier molecular flexibility index (Phi) is 7.85. The zero-order chi connectivity index (χ0) is 25.5. The van der Waals surface area contributed by atoms with Crippen molar-refractivity contribution in [1.82, 2.24) is 10.2 Å². The largest absolute Gasteiger partial charge is 0.497 e. The van der Waals surface area contributed by atoms with E-state index in [0.29, 0.717) is 12.2 Å². The molecule has 0 saturated heterocycles. The summed E-state index contributed by atoms with van der Waals surface area (Å²) >= 11 is 0. The molecule has 0 spiro atoms. The molecular weight excluding hydrogens is 458 g/mol. The highest BCUT2D eigenvalue weighted by Crippen LogP contribution is 2.25. The van der Waals surface area contributed by atoms with Crippen molar-refractivity contribution < 1.29 is 23.9 Å². The summed E-state index contributed by atoms with van der Waals surface area (Å²) in [5.74, 6) is -0.434. The number of nitrogens with one attached hydrogen (secondary N) is 1. The van der Waals surface area contributed by atoms with E-state index in [9.17, 15) is 14.4 Å². The molecule has 1 aliphatic rings. The number of carbonyl (C=O) groups excluding carboxylic acids is 3. The molecule has 0 aromatic heterocycles. The maximum absolute atomic E-state index is 13.4. The van der Waals surface area contributed by atoms with Crippen LogP contribution in [-0.4, -0.2) is 42.0 Å². The maximum Gasteiger partial charge on any atom is 0.411 e. The van der Waals surface area contributed by atoms with Crippen LogP contribution in [0.25, 0.3) is 0 Å². The normalized spacial score (nSPS) is 15.4. The van der Waals surface area contributed by atoms with Crippen LogP contribution in [-0.2, 0) is 40.3 Å². The Morgan fingerprint density at radius 3 is 2.28 bits per heavy atom. The highest BCUT2D eigenvalue weighted by Gasteiger charge is 2.37. The third-order valence-corrected chi connectivity index (χ3v) is 6.25. The van der Waals surface area contributed by atoms with Crippen molar-refractivity contribution in [3.05, 3.63) is 101 Å². The Balaban J connectivity index is 1.50. The summed E-state index contributed by atoms with van der Waals surface area (Å²) < 4.78 is 10.7. The lowest BCUT2D eigenvalue weighted by Crippen LogP contribution is -2.56. The van der Waals surface area contributed by atoms with Crippen LogP contribution in [0.3, 0.4) is 0 Å². The number of benzene rings is 3. The molecule has 186 valence electrons. The van der Waals surface area contributed by atoms with Gasteiger partial charge in [0.15, 0.2) is 0 Å². The van der Waals surface area contributed by atoms with Gasteiger partial charge < -0.3 is 20.5 Å². The minimum atomic E-state index is -0.940. The predicted octanol–water partition coefficient (Wildman–Crippen LogP) is 2.97. The van der Waals surface area contributed by atoms with Gasteiger partial charge in [-0.1, -0.05) is 66.7 Å². The smallest absolute Gasteiger partial charge is 0.411 e. The van der Waals surface area contributed by atoms with E-state index in [2.05, 4.69) is 5.32 Å². The Labute approximate surface area is 210 Å². The number of carbonyl (C=O) groups is 3. The lowest BCUT2D eigenvalue weighted by atomic mass is 9.93. The van der Waals surface area contributed by atoms with Crippen molar-refractivity contribution in [2.24, 2.45) is 5.73 Å². The summed E-state index contributed by atoms with van der Waals surface area (Å²) in [5, 5.41) is 2.76. The van der Waals surface area contributed by atoms with Gasteiger partial charge in [0.05, 0.1) is 13.7 Å². The van der Waals surface area contributed by atoms with Gasteiger partial charge >= 0.3 is 6.09 Å². The van der Waals surface area contributed by atoms with Crippen LogP contribution in [0.15, 0.2) is 78.9 Å². The van der Waals surface area contributed by atoms with Crippen LogP contribution in [0.1, 0.15) is 22.3 Å². The summed E-state index contributed by atoms with van der Waals surface area (Å²) in [6.07, 6.45) is -0.0807. The van der Waals surface area contributed by atoms with E-state index in [-0.39, 0.29) is 19.6 Å². The quantitative estimate of drug-likeness (QED) is 0.508. The molecule has 0 radical (unpaired) electrons. The average Bonchev–Trinajstić information content (AvgIpc) is 2.91. The summed E-state index contributed by atoms with van der Waals surface area (Å²) in [6.45, 7) is 0.315. The predicted molar refractivity (Wildman–Crippen MR) is 134 cm³/mol. The summed E-state index contributed by atoms with van der Waals surface area (Å²) in [4.78, 5) is 40.1. The first-order chi connectivity index (χ1) is 17.4. The Bertz CT molecular complexity index is 1210. The maximum atomic E-state index is 13.4. The molecule has 3 aromatic rings. The van der Waals surface area contributed by atoms with Crippen LogP contribution in [0.4, 0.5) is 4.79 Å². The lowest BCUT2D eigenvalue weighted by molar-refractivity contribution is -0.131. The van der Waals surface area contributed by atoms with Gasteiger partial charge in [-0.3, -0.25) is 14.5 Å². The number of methoxy groups -OCH3 is 1. The molecule has 8 heteroatoms. The number of rotatable bonds is 8. The number of fused-ring (bicyclic) bond motifs is 1. The van der Waals surface area contributed by atoms with Crippen LogP contribution in [0.5, 0.6) is 5.75 Å². The van der Waals surface area contributed by atoms with Crippen LogP contribution in [0.2, 0.25) is 0 Å². The van der Waals surface area contributed by atoms with Gasteiger partial charge in [-0.05, 0) is 34.4 Å². The first-order valence-corrected chi connectivity index (χ1v) is 11.7. The van der Waals surface area contributed by atoms with Crippen molar-refractivity contribution in [2.45, 2.75) is 38.1 Å². The molecule has 0 bridgehead atoms. The monoisotopic (exact) mass is 487 g/mol. The Morgan fingerprint density at radius 2 is 1.61 bits per heavy atom. The SMILES string of the molecule is COc1ccc(C[C@H](NC(=O)[C@@H]2Cc3ccccc3CN2C(=O)OCc2ccccc2)C(N)=O)cc1. The van der Waals surface area contributed by atoms with Gasteiger partial charge in [0.1, 0.15) is 24.4 Å². The molecule has 0 unspecified atom stereocenters. The fraction of sp³-hybridized carbons (Fsp3) is 0.250. The Hall–Kier alpha value is -4.33. The van der Waals surface area contributed by atoms with E-state index >= 15 is 0 Å². The number of hydrogen-bond donors (Lipinski definition) is 2. The topological polar surface area (TPSA) is 111 Å². The molecule has 3 amide bonds. The standard InChI is InChI=1S/C28H29N3O5/c1-35-23-13-11-19(12-14-23)15-24(26(29)32)30-27(33)25-16-21-9-5-6-10-22(21)17-31(25)28(34)36-18-20-7-3-2-4-8-20/h2-14,24-25H,15-18H2,1H3,(H2,29,32)(H,30,33)/t24-,25-/m0/s1. The molecule has 2 atom stereocenters. The van der Waals surface area contributed by atoms with Crippen LogP contribution in [0, 0.1) is 0 Å². The van der Waals surface area contributed by atoms with Crippen molar-refractivity contribution in [1.29, 1.82) is 0 Å². The van der Waals surface area contributed by atoms with Gasteiger partial charge in [0.25, 0.3) is 0 Å². The Morgan fingerprint density at radius 1 is 0.944 bits per heavy atom. The highest BCUT2D eigenvalue weighted by atomic mass is 16.6. The highest BCUT2D eigenvalue weighted by molar-refractivity contribution is 5.91. The third-order valence-electron chi connectivity index (χ3n) is 6.25. The fourth-order valence-electron chi connectivity index (χ4n) is 4.24. The van der Waals surface area contributed by atoms with E-state index in [1.54, 1.807) is 19.2 Å². The first kappa shape index (κ1) is 24.8. The number of hydrogen-bond acceptors (Lipinski definition) is 5. The number of nitrogens with zero attached hydrogens (tertiary/aromatic N) is 1. The fourth-order valence-corrected chi connectivity index (χ4v) is 4.24.